The van der Waals surface area contributed by atoms with Gasteiger partial charge in [-0.15, -0.1) is 0 Å². The third kappa shape index (κ3) is 3.55. The normalized spacial score (nSPS) is 16.1. The van der Waals surface area contributed by atoms with Gasteiger partial charge in [-0.1, -0.05) is 18.2 Å². The number of sulfonamides is 1. The van der Waals surface area contributed by atoms with E-state index < -0.39 is 15.6 Å². The van der Waals surface area contributed by atoms with E-state index in [2.05, 4.69) is 4.72 Å². The Kier molecular flexibility index (Phi) is 3.66. The van der Waals surface area contributed by atoms with Crippen LogP contribution in [0, 0.1) is 17.2 Å². The molecule has 0 spiro atoms. The van der Waals surface area contributed by atoms with Crippen molar-refractivity contribution in [1.82, 2.24) is 4.72 Å². The lowest BCUT2D eigenvalue weighted by Gasteiger charge is -2.25. The van der Waals surface area contributed by atoms with Crippen molar-refractivity contribution in [3.63, 3.8) is 0 Å². The standard InChI is InChI=1S/C14H18N2O2S/c1-14(2,13-7-8-13)16-19(17,18)10-12-6-4-3-5-11(12)9-15/h3-6,13,16H,7-8,10H2,1-2H3. The minimum absolute atomic E-state index is 0.146. The second kappa shape index (κ2) is 4.95. The highest BCUT2D eigenvalue weighted by atomic mass is 32.2. The summed E-state index contributed by atoms with van der Waals surface area (Å²) in [7, 11) is -3.43. The molecular formula is C14H18N2O2S. The lowest BCUT2D eigenvalue weighted by molar-refractivity contribution is 0.400. The first-order valence-corrected chi connectivity index (χ1v) is 7.99. The van der Waals surface area contributed by atoms with E-state index in [0.717, 1.165) is 12.8 Å². The van der Waals surface area contributed by atoms with E-state index in [1.807, 2.05) is 19.9 Å². The zero-order valence-corrected chi connectivity index (χ0v) is 12.0. The van der Waals surface area contributed by atoms with Crippen LogP contribution in [0.15, 0.2) is 24.3 Å². The molecule has 4 nitrogen and oxygen atoms in total. The highest BCUT2D eigenvalue weighted by Crippen LogP contribution is 2.39. The van der Waals surface area contributed by atoms with E-state index >= 15 is 0 Å². The molecule has 0 atom stereocenters. The molecule has 1 aromatic rings. The van der Waals surface area contributed by atoms with Gasteiger partial charge in [-0.05, 0) is 44.2 Å². The van der Waals surface area contributed by atoms with Crippen molar-refractivity contribution in [2.75, 3.05) is 0 Å². The molecule has 0 heterocycles. The summed E-state index contributed by atoms with van der Waals surface area (Å²) in [4.78, 5) is 0. The summed E-state index contributed by atoms with van der Waals surface area (Å²) in [6.45, 7) is 3.83. The van der Waals surface area contributed by atoms with Crippen molar-refractivity contribution in [3.8, 4) is 6.07 Å². The van der Waals surface area contributed by atoms with Gasteiger partial charge in [0.15, 0.2) is 0 Å². The molecule has 0 bridgehead atoms. The van der Waals surface area contributed by atoms with Gasteiger partial charge in [0.1, 0.15) is 0 Å². The highest BCUT2D eigenvalue weighted by molar-refractivity contribution is 7.88. The average molecular weight is 278 g/mol. The lowest BCUT2D eigenvalue weighted by atomic mass is 10.0. The van der Waals surface area contributed by atoms with Gasteiger partial charge in [-0.25, -0.2) is 13.1 Å². The molecule has 1 aliphatic carbocycles. The summed E-state index contributed by atoms with van der Waals surface area (Å²) in [5.74, 6) is 0.279. The number of benzene rings is 1. The Hall–Kier alpha value is -1.38. The van der Waals surface area contributed by atoms with Crippen LogP contribution < -0.4 is 4.72 Å². The van der Waals surface area contributed by atoms with Crippen LogP contribution >= 0.6 is 0 Å². The van der Waals surface area contributed by atoms with Crippen LogP contribution in [0.25, 0.3) is 0 Å². The minimum atomic E-state index is -3.43. The SMILES string of the molecule is CC(C)(NS(=O)(=O)Cc1ccccc1C#N)C1CC1. The molecule has 102 valence electrons. The second-order valence-corrected chi connectivity index (χ2v) is 7.35. The quantitative estimate of drug-likeness (QED) is 0.897. The maximum absolute atomic E-state index is 12.2. The third-order valence-corrected chi connectivity index (χ3v) is 5.03. The zero-order chi connectivity index (χ0) is 14.1. The van der Waals surface area contributed by atoms with Crippen LogP contribution in [0.3, 0.4) is 0 Å². The molecule has 0 amide bonds. The molecule has 0 aromatic heterocycles. The van der Waals surface area contributed by atoms with E-state index in [0.29, 0.717) is 17.0 Å². The first-order valence-electron chi connectivity index (χ1n) is 6.34. The molecule has 0 saturated heterocycles. The maximum atomic E-state index is 12.2. The number of nitriles is 1. The number of rotatable bonds is 5. The summed E-state index contributed by atoms with van der Waals surface area (Å²) in [5.41, 5.74) is 0.557. The highest BCUT2D eigenvalue weighted by Gasteiger charge is 2.40. The maximum Gasteiger partial charge on any atom is 0.216 e. The second-order valence-electron chi connectivity index (χ2n) is 5.63. The minimum Gasteiger partial charge on any atom is -0.212 e. The summed E-state index contributed by atoms with van der Waals surface area (Å²) in [5, 5.41) is 8.98. The van der Waals surface area contributed by atoms with Gasteiger partial charge in [0.25, 0.3) is 0 Å². The number of nitrogens with zero attached hydrogens (tertiary/aromatic N) is 1. The molecule has 5 heteroatoms. The predicted octanol–water partition coefficient (Wildman–Crippen LogP) is 2.17. The monoisotopic (exact) mass is 278 g/mol. The molecule has 1 aromatic carbocycles. The van der Waals surface area contributed by atoms with Gasteiger partial charge in [-0.2, -0.15) is 5.26 Å². The Bertz CT molecular complexity index is 611. The Morgan fingerprint density at radius 3 is 2.58 bits per heavy atom. The van der Waals surface area contributed by atoms with Gasteiger partial charge in [0.05, 0.1) is 17.4 Å². The third-order valence-electron chi connectivity index (χ3n) is 3.50. The van der Waals surface area contributed by atoms with Gasteiger partial charge >= 0.3 is 0 Å². The van der Waals surface area contributed by atoms with Crippen LogP contribution in [0.1, 0.15) is 37.8 Å². The molecule has 1 N–H and O–H groups in total. The first kappa shape index (κ1) is 14.0. The molecule has 0 unspecified atom stereocenters. The van der Waals surface area contributed by atoms with Crippen molar-refractivity contribution in [2.24, 2.45) is 5.92 Å². The van der Waals surface area contributed by atoms with E-state index in [4.69, 9.17) is 5.26 Å². The van der Waals surface area contributed by atoms with Crippen LogP contribution in [0.2, 0.25) is 0 Å². The Labute approximate surface area is 114 Å². The zero-order valence-electron chi connectivity index (χ0n) is 11.2. The fourth-order valence-electron chi connectivity index (χ4n) is 2.29. The number of hydrogen-bond donors (Lipinski definition) is 1. The van der Waals surface area contributed by atoms with Crippen molar-refractivity contribution in [2.45, 2.75) is 38.0 Å². The molecule has 0 aliphatic heterocycles. The molecule has 2 rings (SSSR count). The van der Waals surface area contributed by atoms with Crippen molar-refractivity contribution < 1.29 is 8.42 Å². The molecule has 1 saturated carbocycles. The van der Waals surface area contributed by atoms with E-state index in [-0.39, 0.29) is 5.75 Å². The lowest BCUT2D eigenvalue weighted by Crippen LogP contribution is -2.45. The molecular weight excluding hydrogens is 260 g/mol. The smallest absolute Gasteiger partial charge is 0.212 e. The summed E-state index contributed by atoms with van der Waals surface area (Å²) < 4.78 is 27.1. The fraction of sp³-hybridized carbons (Fsp3) is 0.500. The van der Waals surface area contributed by atoms with Gasteiger partial charge in [-0.3, -0.25) is 0 Å². The Balaban J connectivity index is 2.15. The van der Waals surface area contributed by atoms with Crippen molar-refractivity contribution in [3.05, 3.63) is 35.4 Å². The van der Waals surface area contributed by atoms with Crippen molar-refractivity contribution in [1.29, 1.82) is 5.26 Å². The fourth-order valence-corrected chi connectivity index (χ4v) is 3.99. The predicted molar refractivity (Wildman–Crippen MR) is 73.7 cm³/mol. The molecule has 19 heavy (non-hydrogen) atoms. The van der Waals surface area contributed by atoms with Gasteiger partial charge in [0.2, 0.25) is 10.0 Å². The number of nitrogens with one attached hydrogen (secondary N) is 1. The van der Waals surface area contributed by atoms with E-state index in [1.54, 1.807) is 24.3 Å². The molecule has 0 radical (unpaired) electrons. The molecule has 1 fully saturated rings. The first-order chi connectivity index (χ1) is 8.84. The van der Waals surface area contributed by atoms with Crippen molar-refractivity contribution >= 4 is 10.0 Å². The average Bonchev–Trinajstić information content (AvgIpc) is 3.11. The summed E-state index contributed by atoms with van der Waals surface area (Å²) in [6.07, 6.45) is 2.15. The van der Waals surface area contributed by atoms with Gasteiger partial charge < -0.3 is 0 Å². The summed E-state index contributed by atoms with van der Waals surface area (Å²) in [6, 6.07) is 8.82. The van der Waals surface area contributed by atoms with Gasteiger partial charge in [0, 0.05) is 5.54 Å². The van der Waals surface area contributed by atoms with Crippen LogP contribution in [0.4, 0.5) is 0 Å². The Morgan fingerprint density at radius 1 is 1.37 bits per heavy atom. The summed E-state index contributed by atoms with van der Waals surface area (Å²) >= 11 is 0. The largest absolute Gasteiger partial charge is 0.216 e. The molecule has 1 aliphatic rings. The van der Waals surface area contributed by atoms with Crippen LogP contribution in [-0.2, 0) is 15.8 Å². The van der Waals surface area contributed by atoms with E-state index in [1.165, 1.54) is 0 Å². The van der Waals surface area contributed by atoms with E-state index in [9.17, 15) is 8.42 Å². The topological polar surface area (TPSA) is 70.0 Å². The van der Waals surface area contributed by atoms with Crippen LogP contribution in [0.5, 0.6) is 0 Å². The van der Waals surface area contributed by atoms with Crippen LogP contribution in [-0.4, -0.2) is 14.0 Å². The number of hydrogen-bond acceptors (Lipinski definition) is 3. The Morgan fingerprint density at radius 2 is 2.00 bits per heavy atom.